The van der Waals surface area contributed by atoms with Gasteiger partial charge in [0.1, 0.15) is 5.75 Å². The zero-order chi connectivity index (χ0) is 14.7. The van der Waals surface area contributed by atoms with Crippen molar-refractivity contribution in [2.45, 2.75) is 31.3 Å². The van der Waals surface area contributed by atoms with Crippen LogP contribution < -0.4 is 4.74 Å². The largest absolute Gasteiger partial charge is 0.494 e. The molecular formula is C16H21NO3S. The third kappa shape index (κ3) is 3.09. The highest BCUT2D eigenvalue weighted by Gasteiger charge is 2.41. The van der Waals surface area contributed by atoms with E-state index in [4.69, 9.17) is 9.47 Å². The fraction of sp³-hybridized carbons (Fsp3) is 0.625. The third-order valence-corrected chi connectivity index (χ3v) is 5.52. The van der Waals surface area contributed by atoms with E-state index >= 15 is 0 Å². The van der Waals surface area contributed by atoms with Crippen LogP contribution in [0.3, 0.4) is 0 Å². The van der Waals surface area contributed by atoms with Gasteiger partial charge in [-0.1, -0.05) is 0 Å². The Morgan fingerprint density at radius 3 is 3.05 bits per heavy atom. The Labute approximate surface area is 129 Å². The minimum Gasteiger partial charge on any atom is -0.494 e. The molecule has 1 unspecified atom stereocenters. The molecule has 0 N–H and O–H groups in total. The smallest absolute Gasteiger partial charge is 0.169 e. The van der Waals surface area contributed by atoms with Crippen molar-refractivity contribution in [2.75, 3.05) is 25.2 Å². The first-order chi connectivity index (χ1) is 10.2. The van der Waals surface area contributed by atoms with Gasteiger partial charge in [0.15, 0.2) is 5.78 Å². The minimum absolute atomic E-state index is 0.0400. The number of Topliss-reactive ketones (excluding diaryl/α,β-unsaturated/α-hetero) is 1. The Kier molecular flexibility index (Phi) is 4.50. The summed E-state index contributed by atoms with van der Waals surface area (Å²) in [7, 11) is 1.58. The maximum absolute atomic E-state index is 12.8. The summed E-state index contributed by atoms with van der Waals surface area (Å²) in [6.07, 6.45) is 7.04. The Bertz CT molecular complexity index is 508. The summed E-state index contributed by atoms with van der Waals surface area (Å²) in [5, 5.41) is 0. The molecule has 5 heteroatoms. The number of carbonyl (C=O) groups is 1. The number of rotatable bonds is 3. The predicted octanol–water partition coefficient (Wildman–Crippen LogP) is 2.97. The molecule has 0 aliphatic carbocycles. The Morgan fingerprint density at radius 2 is 2.29 bits per heavy atom. The van der Waals surface area contributed by atoms with Crippen molar-refractivity contribution < 1.29 is 14.3 Å². The first-order valence-electron chi connectivity index (χ1n) is 7.48. The Balaban J connectivity index is 1.78. The number of carbonyl (C=O) groups excluding carboxylic acids is 1. The van der Waals surface area contributed by atoms with Gasteiger partial charge in [-0.05, 0) is 43.3 Å². The molecule has 2 saturated heterocycles. The van der Waals surface area contributed by atoms with Crippen molar-refractivity contribution in [3.05, 3.63) is 24.0 Å². The number of methoxy groups -OCH3 is 1. The van der Waals surface area contributed by atoms with E-state index in [1.54, 1.807) is 25.6 Å². The molecule has 4 nitrogen and oxygen atoms in total. The van der Waals surface area contributed by atoms with E-state index in [1.807, 2.05) is 11.8 Å². The molecule has 0 amide bonds. The van der Waals surface area contributed by atoms with Gasteiger partial charge in [0, 0.05) is 18.7 Å². The van der Waals surface area contributed by atoms with Crippen molar-refractivity contribution >= 4 is 17.5 Å². The minimum atomic E-state index is -0.0654. The number of hydrogen-bond donors (Lipinski definition) is 0. The van der Waals surface area contributed by atoms with Crippen LogP contribution in [-0.4, -0.2) is 41.6 Å². The number of hydrogen-bond acceptors (Lipinski definition) is 5. The number of ketones is 1. The Hall–Kier alpha value is -1.07. The van der Waals surface area contributed by atoms with Crippen LogP contribution in [0.25, 0.3) is 0 Å². The SMILES string of the molecule is COc1cnccc1C(=O)C1CCOC2(CCSCC2)C1. The molecule has 3 rings (SSSR count). The van der Waals surface area contributed by atoms with Crippen LogP contribution in [0.5, 0.6) is 5.75 Å². The molecule has 1 aromatic heterocycles. The van der Waals surface area contributed by atoms with Crippen molar-refractivity contribution in [1.82, 2.24) is 4.98 Å². The van der Waals surface area contributed by atoms with Crippen molar-refractivity contribution in [1.29, 1.82) is 0 Å². The summed E-state index contributed by atoms with van der Waals surface area (Å²) in [5.74, 6) is 3.06. The number of aromatic nitrogens is 1. The molecule has 1 spiro atoms. The molecule has 2 aliphatic heterocycles. The highest BCUT2D eigenvalue weighted by Crippen LogP contribution is 2.41. The first-order valence-corrected chi connectivity index (χ1v) is 8.63. The molecule has 21 heavy (non-hydrogen) atoms. The molecule has 1 atom stereocenters. The van der Waals surface area contributed by atoms with Crippen LogP contribution in [0.2, 0.25) is 0 Å². The van der Waals surface area contributed by atoms with E-state index in [1.165, 1.54) is 0 Å². The van der Waals surface area contributed by atoms with E-state index in [2.05, 4.69) is 4.98 Å². The third-order valence-electron chi connectivity index (χ3n) is 4.54. The van der Waals surface area contributed by atoms with Gasteiger partial charge in [0.05, 0.1) is 24.5 Å². The van der Waals surface area contributed by atoms with E-state index in [0.29, 0.717) is 17.9 Å². The van der Waals surface area contributed by atoms with E-state index < -0.39 is 0 Å². The maximum atomic E-state index is 12.8. The second-order valence-corrected chi connectivity index (χ2v) is 7.00. The molecule has 2 fully saturated rings. The molecule has 1 aromatic rings. The standard InChI is InChI=1S/C16H21NO3S/c1-19-14-11-17-6-2-13(14)15(18)12-3-7-20-16(10-12)4-8-21-9-5-16/h2,6,11-12H,3-5,7-10H2,1H3. The second-order valence-electron chi connectivity index (χ2n) is 5.77. The van der Waals surface area contributed by atoms with Crippen LogP contribution >= 0.6 is 11.8 Å². The van der Waals surface area contributed by atoms with E-state index in [0.717, 1.165) is 37.2 Å². The lowest BCUT2D eigenvalue weighted by molar-refractivity contribution is -0.0959. The van der Waals surface area contributed by atoms with Crippen LogP contribution in [-0.2, 0) is 4.74 Å². The zero-order valence-electron chi connectivity index (χ0n) is 12.3. The number of thioether (sulfide) groups is 1. The van der Waals surface area contributed by atoms with Crippen molar-refractivity contribution in [3.63, 3.8) is 0 Å². The van der Waals surface area contributed by atoms with Gasteiger partial charge >= 0.3 is 0 Å². The maximum Gasteiger partial charge on any atom is 0.169 e. The summed E-state index contributed by atoms with van der Waals surface area (Å²) < 4.78 is 11.3. The van der Waals surface area contributed by atoms with E-state index in [-0.39, 0.29) is 17.3 Å². The van der Waals surface area contributed by atoms with Crippen LogP contribution in [0, 0.1) is 5.92 Å². The topological polar surface area (TPSA) is 48.4 Å². The molecule has 0 aromatic carbocycles. The van der Waals surface area contributed by atoms with Gasteiger partial charge in [-0.25, -0.2) is 0 Å². The predicted molar refractivity (Wildman–Crippen MR) is 83.1 cm³/mol. The van der Waals surface area contributed by atoms with Crippen molar-refractivity contribution in [3.8, 4) is 5.75 Å². The number of nitrogens with zero attached hydrogens (tertiary/aromatic N) is 1. The number of pyridine rings is 1. The molecule has 0 radical (unpaired) electrons. The quantitative estimate of drug-likeness (QED) is 0.804. The number of ether oxygens (including phenoxy) is 2. The zero-order valence-corrected chi connectivity index (χ0v) is 13.2. The lowest BCUT2D eigenvalue weighted by Gasteiger charge is -2.43. The summed E-state index contributed by atoms with van der Waals surface area (Å²) in [6.45, 7) is 0.689. The van der Waals surface area contributed by atoms with Gasteiger partial charge in [0.25, 0.3) is 0 Å². The van der Waals surface area contributed by atoms with Crippen LogP contribution in [0.4, 0.5) is 0 Å². The van der Waals surface area contributed by atoms with Gasteiger partial charge in [-0.2, -0.15) is 11.8 Å². The highest BCUT2D eigenvalue weighted by atomic mass is 32.2. The summed E-state index contributed by atoms with van der Waals surface area (Å²) in [6, 6.07) is 1.76. The second kappa shape index (κ2) is 6.36. The van der Waals surface area contributed by atoms with Crippen LogP contribution in [0.1, 0.15) is 36.0 Å². The molecule has 0 bridgehead atoms. The molecule has 114 valence electrons. The van der Waals surface area contributed by atoms with Gasteiger partial charge < -0.3 is 9.47 Å². The molecule has 3 heterocycles. The molecule has 2 aliphatic rings. The molecule has 0 saturated carbocycles. The molecular weight excluding hydrogens is 286 g/mol. The summed E-state index contributed by atoms with van der Waals surface area (Å²) in [5.41, 5.74) is 0.587. The average molecular weight is 307 g/mol. The van der Waals surface area contributed by atoms with Gasteiger partial charge in [-0.3, -0.25) is 9.78 Å². The fourth-order valence-corrected chi connectivity index (χ4v) is 4.55. The summed E-state index contributed by atoms with van der Waals surface area (Å²) in [4.78, 5) is 16.9. The van der Waals surface area contributed by atoms with Gasteiger partial charge in [0.2, 0.25) is 0 Å². The fourth-order valence-electron chi connectivity index (χ4n) is 3.31. The van der Waals surface area contributed by atoms with Crippen molar-refractivity contribution in [2.24, 2.45) is 5.92 Å². The monoisotopic (exact) mass is 307 g/mol. The normalized spacial score (nSPS) is 24.7. The summed E-state index contributed by atoms with van der Waals surface area (Å²) >= 11 is 1.98. The lowest BCUT2D eigenvalue weighted by atomic mass is 9.79. The van der Waals surface area contributed by atoms with E-state index in [9.17, 15) is 4.79 Å². The first kappa shape index (κ1) is 14.9. The van der Waals surface area contributed by atoms with Gasteiger partial charge in [-0.15, -0.1) is 0 Å². The average Bonchev–Trinajstić information content (AvgIpc) is 2.55. The lowest BCUT2D eigenvalue weighted by Crippen LogP contribution is -2.44. The highest BCUT2D eigenvalue weighted by molar-refractivity contribution is 7.99. The van der Waals surface area contributed by atoms with Crippen LogP contribution in [0.15, 0.2) is 18.5 Å². The Morgan fingerprint density at radius 1 is 1.48 bits per heavy atom.